The molecular formula is C15H14BrFN2. The second-order valence-electron chi connectivity index (χ2n) is 4.86. The molecule has 0 saturated carbocycles. The number of hydrogen-bond donors (Lipinski definition) is 1. The van der Waals surface area contributed by atoms with Crippen LogP contribution in [0.15, 0.2) is 34.9 Å². The molecule has 1 aromatic heterocycles. The minimum Gasteiger partial charge on any atom is -0.376 e. The highest BCUT2D eigenvalue weighted by Crippen LogP contribution is 2.34. The van der Waals surface area contributed by atoms with E-state index in [1.54, 1.807) is 12.1 Å². The van der Waals surface area contributed by atoms with Gasteiger partial charge in [-0.2, -0.15) is 0 Å². The van der Waals surface area contributed by atoms with Crippen molar-refractivity contribution in [3.05, 3.63) is 57.6 Å². The molecule has 0 bridgehead atoms. The van der Waals surface area contributed by atoms with E-state index < -0.39 is 0 Å². The summed E-state index contributed by atoms with van der Waals surface area (Å²) >= 11 is 3.20. The van der Waals surface area contributed by atoms with Crippen LogP contribution in [0.2, 0.25) is 0 Å². The summed E-state index contributed by atoms with van der Waals surface area (Å²) in [5, 5.41) is 3.41. The molecule has 1 aliphatic carbocycles. The third-order valence-electron chi connectivity index (χ3n) is 3.56. The maximum atomic E-state index is 13.6. The fraction of sp³-hybridized carbons (Fsp3) is 0.267. The number of aryl methyl sites for hydroxylation is 2. The van der Waals surface area contributed by atoms with Crippen molar-refractivity contribution in [2.24, 2.45) is 0 Å². The summed E-state index contributed by atoms with van der Waals surface area (Å²) in [6.07, 6.45) is 3.84. The molecule has 4 heteroatoms. The van der Waals surface area contributed by atoms with Crippen LogP contribution in [0.5, 0.6) is 0 Å². The topological polar surface area (TPSA) is 24.9 Å². The van der Waals surface area contributed by atoms with Crippen molar-refractivity contribution in [2.45, 2.75) is 25.8 Å². The molecule has 1 heterocycles. The van der Waals surface area contributed by atoms with Crippen LogP contribution in [-0.4, -0.2) is 4.98 Å². The van der Waals surface area contributed by atoms with Gasteiger partial charge in [-0.05, 0) is 65.0 Å². The average Bonchev–Trinajstić information content (AvgIpc) is 2.80. The van der Waals surface area contributed by atoms with Gasteiger partial charge in [0, 0.05) is 11.9 Å². The van der Waals surface area contributed by atoms with Gasteiger partial charge in [-0.3, -0.25) is 4.98 Å². The van der Waals surface area contributed by atoms with E-state index in [0.29, 0.717) is 4.47 Å². The summed E-state index contributed by atoms with van der Waals surface area (Å²) in [7, 11) is 0. The zero-order chi connectivity index (χ0) is 13.4. The first-order chi connectivity index (χ1) is 9.15. The average molecular weight is 321 g/mol. The molecule has 2 nitrogen and oxygen atoms in total. The summed E-state index contributed by atoms with van der Waals surface area (Å²) < 4.78 is 14.1. The number of hydrogen-bond acceptors (Lipinski definition) is 2. The molecule has 0 radical (unpaired) electrons. The molecule has 0 aliphatic heterocycles. The van der Waals surface area contributed by atoms with Gasteiger partial charge in [0.15, 0.2) is 0 Å². The first kappa shape index (κ1) is 12.6. The molecule has 19 heavy (non-hydrogen) atoms. The fourth-order valence-corrected chi connectivity index (χ4v) is 3.00. The van der Waals surface area contributed by atoms with Crippen molar-refractivity contribution in [1.82, 2.24) is 4.98 Å². The van der Waals surface area contributed by atoms with Crippen LogP contribution in [0, 0.1) is 12.7 Å². The molecule has 1 aromatic carbocycles. The number of benzene rings is 1. The van der Waals surface area contributed by atoms with Crippen LogP contribution in [0.3, 0.4) is 0 Å². The molecule has 1 atom stereocenters. The Hall–Kier alpha value is -1.42. The fourth-order valence-electron chi connectivity index (χ4n) is 2.54. The van der Waals surface area contributed by atoms with E-state index in [4.69, 9.17) is 0 Å². The Morgan fingerprint density at radius 3 is 3.11 bits per heavy atom. The Kier molecular flexibility index (Phi) is 3.27. The highest BCUT2D eigenvalue weighted by atomic mass is 79.9. The third kappa shape index (κ3) is 2.37. The second-order valence-corrected chi connectivity index (χ2v) is 5.72. The van der Waals surface area contributed by atoms with E-state index in [-0.39, 0.29) is 11.9 Å². The van der Waals surface area contributed by atoms with Gasteiger partial charge in [-0.15, -0.1) is 0 Å². The summed E-state index contributed by atoms with van der Waals surface area (Å²) in [6.45, 7) is 1.97. The number of rotatable bonds is 2. The summed E-state index contributed by atoms with van der Waals surface area (Å²) in [6, 6.07) is 7.59. The number of halogens is 2. The van der Waals surface area contributed by atoms with Crippen molar-refractivity contribution in [3.63, 3.8) is 0 Å². The van der Waals surface area contributed by atoms with Crippen molar-refractivity contribution >= 4 is 21.6 Å². The predicted molar refractivity (Wildman–Crippen MR) is 77.8 cm³/mol. The Balaban J connectivity index is 1.89. The minimum absolute atomic E-state index is 0.176. The van der Waals surface area contributed by atoms with Gasteiger partial charge in [-0.1, -0.05) is 6.07 Å². The number of fused-ring (bicyclic) bond motifs is 1. The van der Waals surface area contributed by atoms with Crippen LogP contribution in [-0.2, 0) is 6.42 Å². The van der Waals surface area contributed by atoms with E-state index in [0.717, 1.165) is 29.8 Å². The van der Waals surface area contributed by atoms with Gasteiger partial charge >= 0.3 is 0 Å². The Morgan fingerprint density at radius 2 is 2.26 bits per heavy atom. The van der Waals surface area contributed by atoms with Crippen molar-refractivity contribution in [1.29, 1.82) is 0 Å². The largest absolute Gasteiger partial charge is 0.376 e. The molecule has 0 saturated heterocycles. The standard InChI is InChI=1S/C15H14BrFN2/c1-9-7-11(16)12(17)8-14(9)19-13-5-4-10-3-2-6-18-15(10)13/h2-3,6-8,13,19H,4-5H2,1H3. The van der Waals surface area contributed by atoms with Gasteiger partial charge in [0.1, 0.15) is 5.82 Å². The number of nitrogens with zero attached hydrogens (tertiary/aromatic N) is 1. The summed E-state index contributed by atoms with van der Waals surface area (Å²) in [5.74, 6) is -0.243. The van der Waals surface area contributed by atoms with Gasteiger partial charge < -0.3 is 5.32 Å². The molecular weight excluding hydrogens is 307 g/mol. The Labute approximate surface area is 120 Å². The first-order valence-electron chi connectivity index (χ1n) is 6.31. The normalized spacial score (nSPS) is 17.3. The third-order valence-corrected chi connectivity index (χ3v) is 4.16. The van der Waals surface area contributed by atoms with E-state index in [9.17, 15) is 4.39 Å². The predicted octanol–water partition coefficient (Wildman–Crippen LogP) is 4.39. The highest BCUT2D eigenvalue weighted by Gasteiger charge is 2.23. The summed E-state index contributed by atoms with van der Waals surface area (Å²) in [4.78, 5) is 4.44. The lowest BCUT2D eigenvalue weighted by atomic mass is 10.1. The monoisotopic (exact) mass is 320 g/mol. The molecule has 98 valence electrons. The van der Waals surface area contributed by atoms with E-state index >= 15 is 0 Å². The quantitative estimate of drug-likeness (QED) is 0.887. The van der Waals surface area contributed by atoms with Crippen LogP contribution in [0.25, 0.3) is 0 Å². The van der Waals surface area contributed by atoms with Crippen molar-refractivity contribution in [3.8, 4) is 0 Å². The minimum atomic E-state index is -0.243. The van der Waals surface area contributed by atoms with Gasteiger partial charge in [0.25, 0.3) is 0 Å². The lowest BCUT2D eigenvalue weighted by molar-refractivity contribution is 0.620. The Morgan fingerprint density at radius 1 is 1.42 bits per heavy atom. The number of aromatic nitrogens is 1. The lowest BCUT2D eigenvalue weighted by Crippen LogP contribution is -2.09. The van der Waals surface area contributed by atoms with Crippen molar-refractivity contribution < 1.29 is 4.39 Å². The van der Waals surface area contributed by atoms with Crippen LogP contribution < -0.4 is 5.32 Å². The van der Waals surface area contributed by atoms with Crippen LogP contribution in [0.4, 0.5) is 10.1 Å². The number of nitrogens with one attached hydrogen (secondary N) is 1. The molecule has 1 unspecified atom stereocenters. The van der Waals surface area contributed by atoms with Gasteiger partial charge in [-0.25, -0.2) is 4.39 Å². The van der Waals surface area contributed by atoms with E-state index in [1.165, 1.54) is 5.56 Å². The Bertz CT molecular complexity index is 628. The van der Waals surface area contributed by atoms with Gasteiger partial charge in [0.2, 0.25) is 0 Å². The second kappa shape index (κ2) is 4.93. The highest BCUT2D eigenvalue weighted by molar-refractivity contribution is 9.10. The molecule has 3 rings (SSSR count). The molecule has 0 fully saturated rings. The smallest absolute Gasteiger partial charge is 0.139 e. The molecule has 0 amide bonds. The van der Waals surface area contributed by atoms with Crippen molar-refractivity contribution in [2.75, 3.05) is 5.32 Å². The van der Waals surface area contributed by atoms with E-state index in [1.807, 2.05) is 19.2 Å². The summed E-state index contributed by atoms with van der Waals surface area (Å²) in [5.41, 5.74) is 4.24. The molecule has 2 aromatic rings. The van der Waals surface area contributed by atoms with E-state index in [2.05, 4.69) is 32.3 Å². The van der Waals surface area contributed by atoms with Crippen LogP contribution in [0.1, 0.15) is 29.3 Å². The molecule has 1 aliphatic rings. The molecule has 0 spiro atoms. The zero-order valence-electron chi connectivity index (χ0n) is 10.6. The molecule has 1 N–H and O–H groups in total. The number of anilines is 1. The van der Waals surface area contributed by atoms with Gasteiger partial charge in [0.05, 0.1) is 16.2 Å². The SMILES string of the molecule is Cc1cc(Br)c(F)cc1NC1CCc2cccnc21. The maximum absolute atomic E-state index is 13.6. The lowest BCUT2D eigenvalue weighted by Gasteiger charge is -2.17. The maximum Gasteiger partial charge on any atom is 0.139 e. The number of pyridine rings is 1. The first-order valence-corrected chi connectivity index (χ1v) is 7.10. The zero-order valence-corrected chi connectivity index (χ0v) is 12.2. The van der Waals surface area contributed by atoms with Crippen LogP contribution >= 0.6 is 15.9 Å².